The van der Waals surface area contributed by atoms with E-state index in [0.29, 0.717) is 23.3 Å². The van der Waals surface area contributed by atoms with Crippen molar-refractivity contribution in [1.29, 1.82) is 5.41 Å². The van der Waals surface area contributed by atoms with Crippen molar-refractivity contribution in [3.8, 4) is 0 Å². The van der Waals surface area contributed by atoms with E-state index < -0.39 is 10.0 Å². The van der Waals surface area contributed by atoms with Crippen molar-refractivity contribution < 1.29 is 8.42 Å². The lowest BCUT2D eigenvalue weighted by atomic mass is 10.1. The number of nitrogen functional groups attached to an aromatic ring is 1. The summed E-state index contributed by atoms with van der Waals surface area (Å²) in [6.45, 7) is 0. The van der Waals surface area contributed by atoms with Gasteiger partial charge in [-0.25, -0.2) is 13.4 Å². The average Bonchev–Trinajstić information content (AvgIpc) is 2.75. The molecule has 0 fully saturated rings. The van der Waals surface area contributed by atoms with Gasteiger partial charge < -0.3 is 10.7 Å². The van der Waals surface area contributed by atoms with Crippen molar-refractivity contribution in [2.24, 2.45) is 5.73 Å². The third-order valence-electron chi connectivity index (χ3n) is 4.70. The minimum absolute atomic E-state index is 0. The van der Waals surface area contributed by atoms with E-state index >= 15 is 0 Å². The molecule has 164 valence electrons. The van der Waals surface area contributed by atoms with E-state index in [0.717, 1.165) is 5.56 Å². The van der Waals surface area contributed by atoms with Gasteiger partial charge >= 0.3 is 0 Å². The number of sulfonamides is 1. The topological polar surface area (TPSA) is 142 Å². The van der Waals surface area contributed by atoms with Crippen molar-refractivity contribution in [3.63, 3.8) is 0 Å². The molecule has 3 aromatic carbocycles. The molecule has 4 rings (SSSR count). The number of benzene rings is 3. The number of nitrogens with zero attached hydrogens (tertiary/aromatic N) is 1. The molecule has 0 saturated heterocycles. The average molecular weight is 470 g/mol. The molecule has 1 heterocycles. The molecular weight excluding hydrogens is 450 g/mol. The number of anilines is 1. The zero-order chi connectivity index (χ0) is 22.0. The zero-order valence-corrected chi connectivity index (χ0v) is 18.3. The van der Waals surface area contributed by atoms with Crippen LogP contribution in [0.2, 0.25) is 0 Å². The monoisotopic (exact) mass is 469 g/mol. The largest absolute Gasteiger partial charge is 0.384 e. The van der Waals surface area contributed by atoms with Gasteiger partial charge in [-0.05, 0) is 35.9 Å². The number of aromatic amines is 1. The number of fused-ring (bicyclic) bond motifs is 1. The fourth-order valence-corrected chi connectivity index (χ4v) is 4.21. The van der Waals surface area contributed by atoms with E-state index in [1.165, 1.54) is 18.2 Å². The molecule has 0 aliphatic carbocycles. The van der Waals surface area contributed by atoms with E-state index in [4.69, 9.17) is 11.1 Å². The SMILES string of the molecule is Cl.N=C(N)c1ccc(Cc2nc3ccc(NS(=O)(=O)c4ccccc4)cc3c(=O)[nH]2)cc1. The Labute approximate surface area is 190 Å². The summed E-state index contributed by atoms with van der Waals surface area (Å²) >= 11 is 0. The van der Waals surface area contributed by atoms with Crippen LogP contribution < -0.4 is 16.0 Å². The molecule has 0 atom stereocenters. The molecule has 1 aromatic heterocycles. The van der Waals surface area contributed by atoms with Crippen LogP contribution in [-0.2, 0) is 16.4 Å². The number of aromatic nitrogens is 2. The fourth-order valence-electron chi connectivity index (χ4n) is 3.14. The van der Waals surface area contributed by atoms with Crippen LogP contribution in [0.1, 0.15) is 17.0 Å². The molecule has 32 heavy (non-hydrogen) atoms. The predicted octanol–water partition coefficient (Wildman–Crippen LogP) is 3.02. The first-order valence-electron chi connectivity index (χ1n) is 9.36. The predicted molar refractivity (Wildman–Crippen MR) is 127 cm³/mol. The Morgan fingerprint density at radius 3 is 2.38 bits per heavy atom. The highest BCUT2D eigenvalue weighted by Gasteiger charge is 2.14. The van der Waals surface area contributed by atoms with Gasteiger partial charge in [0, 0.05) is 17.7 Å². The van der Waals surface area contributed by atoms with Gasteiger partial charge in [-0.2, -0.15) is 0 Å². The van der Waals surface area contributed by atoms with Gasteiger partial charge in [-0.3, -0.25) is 14.9 Å². The second kappa shape index (κ2) is 9.21. The normalized spacial score (nSPS) is 11.0. The number of amidine groups is 1. The maximum absolute atomic E-state index is 12.6. The molecule has 0 spiro atoms. The summed E-state index contributed by atoms with van der Waals surface area (Å²) in [4.78, 5) is 20.0. The van der Waals surface area contributed by atoms with E-state index in [9.17, 15) is 13.2 Å². The highest BCUT2D eigenvalue weighted by Crippen LogP contribution is 2.19. The number of hydrogen-bond acceptors (Lipinski definition) is 5. The molecule has 0 amide bonds. The van der Waals surface area contributed by atoms with Crippen LogP contribution in [0.15, 0.2) is 82.5 Å². The fraction of sp³-hybridized carbons (Fsp3) is 0.0455. The molecule has 0 radical (unpaired) electrons. The molecular formula is C22H20ClN5O3S. The van der Waals surface area contributed by atoms with Gasteiger partial charge in [-0.1, -0.05) is 42.5 Å². The number of H-pyrrole nitrogens is 1. The van der Waals surface area contributed by atoms with E-state index in [2.05, 4.69) is 14.7 Å². The Balaban J connectivity index is 0.00000289. The van der Waals surface area contributed by atoms with Crippen LogP contribution in [0.5, 0.6) is 0 Å². The second-order valence-electron chi connectivity index (χ2n) is 6.95. The van der Waals surface area contributed by atoms with Crippen molar-refractivity contribution in [3.05, 3.63) is 100 Å². The summed E-state index contributed by atoms with van der Waals surface area (Å²) in [7, 11) is -3.76. The van der Waals surface area contributed by atoms with Crippen LogP contribution in [0.3, 0.4) is 0 Å². The standard InChI is InChI=1S/C22H19N5O3S.ClH/c23-21(24)15-8-6-14(7-9-15)12-20-25-19-11-10-16(13-18(19)22(28)26-20)27-31(29,30)17-4-2-1-3-5-17;/h1-11,13,27H,12H2,(H3,23,24)(H,25,26,28);1H. The van der Waals surface area contributed by atoms with Gasteiger partial charge in [-0.15, -0.1) is 12.4 Å². The highest BCUT2D eigenvalue weighted by atomic mass is 35.5. The summed E-state index contributed by atoms with van der Waals surface area (Å²) in [5.41, 5.74) is 7.36. The molecule has 0 saturated carbocycles. The maximum Gasteiger partial charge on any atom is 0.261 e. The summed E-state index contributed by atoms with van der Waals surface area (Å²) in [5.74, 6) is 0.466. The zero-order valence-electron chi connectivity index (χ0n) is 16.7. The lowest BCUT2D eigenvalue weighted by molar-refractivity contribution is 0.601. The van der Waals surface area contributed by atoms with Crippen molar-refractivity contribution in [2.45, 2.75) is 11.3 Å². The Morgan fingerprint density at radius 1 is 1.03 bits per heavy atom. The highest BCUT2D eigenvalue weighted by molar-refractivity contribution is 7.92. The maximum atomic E-state index is 12.6. The Bertz CT molecular complexity index is 1440. The van der Waals surface area contributed by atoms with Gasteiger partial charge in [0.2, 0.25) is 0 Å². The lowest BCUT2D eigenvalue weighted by Gasteiger charge is -2.09. The summed E-state index contributed by atoms with van der Waals surface area (Å²) in [5, 5.41) is 7.72. The molecule has 0 aliphatic rings. The first kappa shape index (κ1) is 23.0. The van der Waals surface area contributed by atoms with Crippen LogP contribution in [0.25, 0.3) is 10.9 Å². The summed E-state index contributed by atoms with van der Waals surface area (Å²) in [6.07, 6.45) is 0.395. The van der Waals surface area contributed by atoms with E-state index in [-0.39, 0.29) is 39.8 Å². The molecule has 0 aliphatic heterocycles. The van der Waals surface area contributed by atoms with Crippen molar-refractivity contribution >= 4 is 44.9 Å². The minimum Gasteiger partial charge on any atom is -0.384 e. The van der Waals surface area contributed by atoms with Crippen LogP contribution in [0, 0.1) is 5.41 Å². The van der Waals surface area contributed by atoms with E-state index in [1.807, 2.05) is 12.1 Å². The third-order valence-corrected chi connectivity index (χ3v) is 6.09. The van der Waals surface area contributed by atoms with Gasteiger partial charge in [0.15, 0.2) is 0 Å². The third kappa shape index (κ3) is 4.96. The number of nitrogens with one attached hydrogen (secondary N) is 3. The molecule has 0 unspecified atom stereocenters. The summed E-state index contributed by atoms with van der Waals surface area (Å²) in [6, 6.07) is 19.8. The van der Waals surface area contributed by atoms with Gasteiger partial charge in [0.1, 0.15) is 11.7 Å². The first-order valence-corrected chi connectivity index (χ1v) is 10.8. The van der Waals surface area contributed by atoms with Crippen LogP contribution in [-0.4, -0.2) is 24.2 Å². The number of rotatable bonds is 6. The van der Waals surface area contributed by atoms with Crippen LogP contribution in [0.4, 0.5) is 5.69 Å². The van der Waals surface area contributed by atoms with Crippen LogP contribution >= 0.6 is 12.4 Å². The van der Waals surface area contributed by atoms with E-state index in [1.54, 1.807) is 42.5 Å². The Morgan fingerprint density at radius 2 is 1.72 bits per heavy atom. The Kier molecular flexibility index (Phi) is 6.61. The van der Waals surface area contributed by atoms with Gasteiger partial charge in [0.05, 0.1) is 15.8 Å². The number of nitrogens with two attached hydrogens (primary N) is 1. The summed E-state index contributed by atoms with van der Waals surface area (Å²) < 4.78 is 27.5. The number of hydrogen-bond donors (Lipinski definition) is 4. The number of halogens is 1. The molecule has 4 aromatic rings. The molecule has 10 heteroatoms. The van der Waals surface area contributed by atoms with Crippen molar-refractivity contribution in [1.82, 2.24) is 9.97 Å². The molecule has 0 bridgehead atoms. The lowest BCUT2D eigenvalue weighted by Crippen LogP contribution is -2.15. The molecule has 5 N–H and O–H groups in total. The Hall–Kier alpha value is -3.69. The quantitative estimate of drug-likeness (QED) is 0.253. The smallest absolute Gasteiger partial charge is 0.261 e. The van der Waals surface area contributed by atoms with Gasteiger partial charge in [0.25, 0.3) is 15.6 Å². The van der Waals surface area contributed by atoms with Crippen molar-refractivity contribution in [2.75, 3.05) is 4.72 Å². The second-order valence-corrected chi connectivity index (χ2v) is 8.63. The minimum atomic E-state index is -3.76. The first-order chi connectivity index (χ1) is 14.8. The molecule has 8 nitrogen and oxygen atoms in total.